The van der Waals surface area contributed by atoms with Gasteiger partial charge in [-0.05, 0) is 38.1 Å². The summed E-state index contributed by atoms with van der Waals surface area (Å²) in [4.78, 5) is 22.4. The normalized spacial score (nSPS) is 10.8. The highest BCUT2D eigenvalue weighted by atomic mass is 35.5. The van der Waals surface area contributed by atoms with Crippen LogP contribution in [0.1, 0.15) is 13.8 Å². The molecule has 98 valence electrons. The molecule has 1 aromatic rings. The highest BCUT2D eigenvalue weighted by Crippen LogP contribution is 2.12. The van der Waals surface area contributed by atoms with E-state index in [9.17, 15) is 9.59 Å². The molecular formula is C12H15ClN2O3. The lowest BCUT2D eigenvalue weighted by molar-refractivity contribution is -0.145. The van der Waals surface area contributed by atoms with Crippen molar-refractivity contribution in [1.82, 2.24) is 5.32 Å². The van der Waals surface area contributed by atoms with Crippen LogP contribution in [0.3, 0.4) is 0 Å². The molecule has 0 fully saturated rings. The van der Waals surface area contributed by atoms with E-state index in [2.05, 4.69) is 10.6 Å². The summed E-state index contributed by atoms with van der Waals surface area (Å²) in [5.74, 6) is -1.47. The SMILES string of the molecule is CC(C)(NC(=O)CNc1ccc(Cl)cc1)C(=O)O. The summed E-state index contributed by atoms with van der Waals surface area (Å²) in [7, 11) is 0. The Morgan fingerprint density at radius 2 is 1.83 bits per heavy atom. The number of aliphatic carboxylic acids is 1. The second-order valence-electron chi connectivity index (χ2n) is 4.34. The minimum absolute atomic E-state index is 0.00164. The van der Waals surface area contributed by atoms with Crippen molar-refractivity contribution in [3.63, 3.8) is 0 Å². The van der Waals surface area contributed by atoms with Crippen molar-refractivity contribution < 1.29 is 14.7 Å². The molecule has 0 aromatic heterocycles. The molecule has 1 rings (SSSR count). The lowest BCUT2D eigenvalue weighted by Crippen LogP contribution is -2.51. The summed E-state index contributed by atoms with van der Waals surface area (Å²) in [5, 5.41) is 14.7. The fourth-order valence-electron chi connectivity index (χ4n) is 1.20. The zero-order valence-electron chi connectivity index (χ0n) is 10.2. The van der Waals surface area contributed by atoms with Crippen molar-refractivity contribution >= 4 is 29.2 Å². The number of hydrogen-bond acceptors (Lipinski definition) is 3. The lowest BCUT2D eigenvalue weighted by atomic mass is 10.1. The van der Waals surface area contributed by atoms with Crippen LogP contribution < -0.4 is 10.6 Å². The third-order valence-electron chi connectivity index (χ3n) is 2.28. The molecule has 0 atom stereocenters. The van der Waals surface area contributed by atoms with Crippen LogP contribution in [-0.4, -0.2) is 29.1 Å². The van der Waals surface area contributed by atoms with Crippen molar-refractivity contribution in [3.8, 4) is 0 Å². The standard InChI is InChI=1S/C12H15ClN2O3/c1-12(2,11(17)18)15-10(16)7-14-9-5-3-8(13)4-6-9/h3-6,14H,7H2,1-2H3,(H,15,16)(H,17,18). The van der Waals surface area contributed by atoms with Gasteiger partial charge in [0.2, 0.25) is 5.91 Å². The topological polar surface area (TPSA) is 78.4 Å². The van der Waals surface area contributed by atoms with E-state index >= 15 is 0 Å². The van der Waals surface area contributed by atoms with E-state index in [-0.39, 0.29) is 6.54 Å². The molecule has 0 saturated carbocycles. The average molecular weight is 271 g/mol. The van der Waals surface area contributed by atoms with E-state index in [1.807, 2.05) is 0 Å². The van der Waals surface area contributed by atoms with Gasteiger partial charge in [-0.25, -0.2) is 4.79 Å². The van der Waals surface area contributed by atoms with E-state index in [1.165, 1.54) is 13.8 Å². The number of nitrogens with one attached hydrogen (secondary N) is 2. The number of anilines is 1. The first-order valence-electron chi connectivity index (χ1n) is 5.35. The summed E-state index contributed by atoms with van der Waals surface area (Å²) >= 11 is 5.72. The van der Waals surface area contributed by atoms with E-state index in [0.29, 0.717) is 5.02 Å². The number of rotatable bonds is 5. The van der Waals surface area contributed by atoms with Crippen LogP contribution in [0.4, 0.5) is 5.69 Å². The van der Waals surface area contributed by atoms with Crippen LogP contribution in [0.5, 0.6) is 0 Å². The maximum absolute atomic E-state index is 11.5. The second-order valence-corrected chi connectivity index (χ2v) is 4.78. The summed E-state index contributed by atoms with van der Waals surface area (Å²) in [6.07, 6.45) is 0. The molecular weight excluding hydrogens is 256 g/mol. The number of amides is 1. The molecule has 0 unspecified atom stereocenters. The molecule has 0 spiro atoms. The predicted octanol–water partition coefficient (Wildman–Crippen LogP) is 1.73. The molecule has 0 aliphatic carbocycles. The zero-order valence-corrected chi connectivity index (χ0v) is 10.9. The van der Waals surface area contributed by atoms with Crippen LogP contribution in [0.25, 0.3) is 0 Å². The smallest absolute Gasteiger partial charge is 0.328 e. The minimum atomic E-state index is -1.28. The highest BCUT2D eigenvalue weighted by Gasteiger charge is 2.28. The lowest BCUT2D eigenvalue weighted by Gasteiger charge is -2.21. The predicted molar refractivity (Wildman–Crippen MR) is 69.8 cm³/mol. The maximum Gasteiger partial charge on any atom is 0.328 e. The van der Waals surface area contributed by atoms with Crippen molar-refractivity contribution in [1.29, 1.82) is 0 Å². The molecule has 0 bridgehead atoms. The first-order chi connectivity index (χ1) is 8.31. The van der Waals surface area contributed by atoms with Gasteiger partial charge in [-0.1, -0.05) is 11.6 Å². The third kappa shape index (κ3) is 4.25. The van der Waals surface area contributed by atoms with Crippen LogP contribution >= 0.6 is 11.6 Å². The van der Waals surface area contributed by atoms with E-state index in [0.717, 1.165) is 5.69 Å². The van der Waals surface area contributed by atoms with E-state index in [1.54, 1.807) is 24.3 Å². The van der Waals surface area contributed by atoms with Gasteiger partial charge in [0.15, 0.2) is 0 Å². The van der Waals surface area contributed by atoms with Crippen LogP contribution in [0, 0.1) is 0 Å². The molecule has 0 saturated heterocycles. The van der Waals surface area contributed by atoms with Crippen LogP contribution in [0.2, 0.25) is 5.02 Å². The number of carboxylic acids is 1. The van der Waals surface area contributed by atoms with Gasteiger partial charge in [-0.15, -0.1) is 0 Å². The van der Waals surface area contributed by atoms with Gasteiger partial charge in [0.05, 0.1) is 6.54 Å². The molecule has 0 aliphatic heterocycles. The Morgan fingerprint density at radius 1 is 1.28 bits per heavy atom. The Bertz CT molecular complexity index is 443. The molecule has 0 aliphatic rings. The fourth-order valence-corrected chi connectivity index (χ4v) is 1.32. The Kier molecular flexibility index (Phi) is 4.55. The van der Waals surface area contributed by atoms with Gasteiger partial charge in [0.1, 0.15) is 5.54 Å². The molecule has 6 heteroatoms. The third-order valence-corrected chi connectivity index (χ3v) is 2.54. The van der Waals surface area contributed by atoms with E-state index in [4.69, 9.17) is 16.7 Å². The Labute approximate surface area is 110 Å². The summed E-state index contributed by atoms with van der Waals surface area (Å²) < 4.78 is 0. The van der Waals surface area contributed by atoms with Crippen molar-refractivity contribution in [2.75, 3.05) is 11.9 Å². The fraction of sp³-hybridized carbons (Fsp3) is 0.333. The largest absolute Gasteiger partial charge is 0.480 e. The first kappa shape index (κ1) is 14.3. The van der Waals surface area contributed by atoms with Gasteiger partial charge in [0, 0.05) is 10.7 Å². The van der Waals surface area contributed by atoms with Crippen molar-refractivity contribution in [2.24, 2.45) is 0 Å². The molecule has 1 aromatic carbocycles. The van der Waals surface area contributed by atoms with E-state index < -0.39 is 17.4 Å². The average Bonchev–Trinajstić information content (AvgIpc) is 2.27. The number of carbonyl (C=O) groups excluding carboxylic acids is 1. The number of benzene rings is 1. The van der Waals surface area contributed by atoms with Crippen molar-refractivity contribution in [2.45, 2.75) is 19.4 Å². The monoisotopic (exact) mass is 270 g/mol. The Hall–Kier alpha value is -1.75. The molecule has 5 nitrogen and oxygen atoms in total. The number of carboxylic acid groups (broad SMARTS) is 1. The Balaban J connectivity index is 2.47. The van der Waals surface area contributed by atoms with Crippen LogP contribution in [0.15, 0.2) is 24.3 Å². The number of hydrogen-bond donors (Lipinski definition) is 3. The van der Waals surface area contributed by atoms with Gasteiger partial charge in [-0.3, -0.25) is 4.79 Å². The molecule has 18 heavy (non-hydrogen) atoms. The van der Waals surface area contributed by atoms with Gasteiger partial charge >= 0.3 is 5.97 Å². The quantitative estimate of drug-likeness (QED) is 0.761. The molecule has 1 amide bonds. The zero-order chi connectivity index (χ0) is 13.8. The summed E-state index contributed by atoms with van der Waals surface area (Å²) in [5.41, 5.74) is -0.540. The number of halogens is 1. The highest BCUT2D eigenvalue weighted by molar-refractivity contribution is 6.30. The second kappa shape index (κ2) is 5.73. The first-order valence-corrected chi connectivity index (χ1v) is 5.73. The molecule has 0 radical (unpaired) electrons. The number of carbonyl (C=O) groups is 2. The van der Waals surface area contributed by atoms with Gasteiger partial charge in [0.25, 0.3) is 0 Å². The van der Waals surface area contributed by atoms with Gasteiger partial charge in [-0.2, -0.15) is 0 Å². The van der Waals surface area contributed by atoms with Gasteiger partial charge < -0.3 is 15.7 Å². The molecule has 0 heterocycles. The molecule has 3 N–H and O–H groups in total. The van der Waals surface area contributed by atoms with Crippen molar-refractivity contribution in [3.05, 3.63) is 29.3 Å². The van der Waals surface area contributed by atoms with Crippen LogP contribution in [-0.2, 0) is 9.59 Å². The minimum Gasteiger partial charge on any atom is -0.480 e. The summed E-state index contributed by atoms with van der Waals surface area (Å²) in [6, 6.07) is 6.86. The maximum atomic E-state index is 11.5. The summed E-state index contributed by atoms with van der Waals surface area (Å²) in [6.45, 7) is 2.85. The Morgan fingerprint density at radius 3 is 2.33 bits per heavy atom.